The number of carbonyl (C=O) groups excluding carboxylic acids is 1. The summed E-state index contributed by atoms with van der Waals surface area (Å²) in [5, 5.41) is 0. The Morgan fingerprint density at radius 3 is 2.38 bits per heavy atom. The number of hydrogen-bond donors (Lipinski definition) is 1. The van der Waals surface area contributed by atoms with Gasteiger partial charge < -0.3 is 10.6 Å². The number of rotatable bonds is 4. The molecule has 88 valence electrons. The first kappa shape index (κ1) is 12.6. The van der Waals surface area contributed by atoms with Gasteiger partial charge in [-0.25, -0.2) is 0 Å². The molecule has 0 heterocycles. The van der Waals surface area contributed by atoms with Crippen molar-refractivity contribution in [3.8, 4) is 0 Å². The maximum atomic E-state index is 11.7. The van der Waals surface area contributed by atoms with Gasteiger partial charge in [-0.05, 0) is 38.0 Å². The fourth-order valence-electron chi connectivity index (χ4n) is 1.40. The smallest absolute Gasteiger partial charge is 0.222 e. The fourth-order valence-corrected chi connectivity index (χ4v) is 1.40. The third kappa shape index (κ3) is 3.57. The standard InChI is InChI=1S/C13H20N2O/c1-10(2)15(3)13(16)9-6-11-4-7-12(14)8-5-11/h4-5,7-8,10H,6,9,14H2,1-3H3. The van der Waals surface area contributed by atoms with Gasteiger partial charge >= 0.3 is 0 Å². The molecule has 0 spiro atoms. The van der Waals surface area contributed by atoms with Gasteiger partial charge in [0, 0.05) is 25.2 Å². The lowest BCUT2D eigenvalue weighted by Gasteiger charge is -2.21. The Balaban J connectivity index is 2.46. The van der Waals surface area contributed by atoms with Gasteiger partial charge in [-0.1, -0.05) is 12.1 Å². The number of nitrogens with two attached hydrogens (primary N) is 1. The summed E-state index contributed by atoms with van der Waals surface area (Å²) in [6, 6.07) is 7.94. The summed E-state index contributed by atoms with van der Waals surface area (Å²) >= 11 is 0. The van der Waals surface area contributed by atoms with Crippen LogP contribution < -0.4 is 5.73 Å². The van der Waals surface area contributed by atoms with Gasteiger partial charge in [-0.3, -0.25) is 4.79 Å². The molecule has 3 nitrogen and oxygen atoms in total. The number of benzene rings is 1. The second kappa shape index (κ2) is 5.54. The highest BCUT2D eigenvalue weighted by atomic mass is 16.2. The van der Waals surface area contributed by atoms with Crippen molar-refractivity contribution in [2.45, 2.75) is 32.7 Å². The predicted octanol–water partition coefficient (Wildman–Crippen LogP) is 2.07. The second-order valence-corrected chi connectivity index (χ2v) is 4.34. The minimum atomic E-state index is 0.187. The first-order valence-electron chi connectivity index (χ1n) is 5.60. The summed E-state index contributed by atoms with van der Waals surface area (Å²) in [7, 11) is 1.84. The van der Waals surface area contributed by atoms with E-state index in [0.29, 0.717) is 6.42 Å². The molecule has 0 aliphatic rings. The third-order valence-electron chi connectivity index (χ3n) is 2.78. The molecule has 0 saturated carbocycles. The summed E-state index contributed by atoms with van der Waals surface area (Å²) in [5.41, 5.74) is 7.51. The first-order chi connectivity index (χ1) is 7.50. The van der Waals surface area contributed by atoms with E-state index in [1.807, 2.05) is 45.2 Å². The van der Waals surface area contributed by atoms with Crippen LogP contribution in [0, 0.1) is 0 Å². The van der Waals surface area contributed by atoms with E-state index < -0.39 is 0 Å². The van der Waals surface area contributed by atoms with Crippen molar-refractivity contribution >= 4 is 11.6 Å². The molecule has 1 amide bonds. The topological polar surface area (TPSA) is 46.3 Å². The highest BCUT2D eigenvalue weighted by Crippen LogP contribution is 2.09. The lowest BCUT2D eigenvalue weighted by Crippen LogP contribution is -2.33. The van der Waals surface area contributed by atoms with Crippen LogP contribution in [0.4, 0.5) is 5.69 Å². The van der Waals surface area contributed by atoms with Crippen LogP contribution in [-0.2, 0) is 11.2 Å². The molecule has 1 rings (SSSR count). The van der Waals surface area contributed by atoms with Gasteiger partial charge in [0.1, 0.15) is 0 Å². The molecule has 2 N–H and O–H groups in total. The van der Waals surface area contributed by atoms with Gasteiger partial charge in [-0.15, -0.1) is 0 Å². The first-order valence-corrected chi connectivity index (χ1v) is 5.60. The van der Waals surface area contributed by atoms with Crippen LogP contribution in [0.15, 0.2) is 24.3 Å². The summed E-state index contributed by atoms with van der Waals surface area (Å²) < 4.78 is 0. The van der Waals surface area contributed by atoms with Crippen molar-refractivity contribution in [1.29, 1.82) is 0 Å². The highest BCUT2D eigenvalue weighted by molar-refractivity contribution is 5.76. The molecule has 1 aromatic carbocycles. The van der Waals surface area contributed by atoms with Crippen LogP contribution in [0.2, 0.25) is 0 Å². The molecule has 1 aromatic rings. The van der Waals surface area contributed by atoms with Crippen LogP contribution in [0.5, 0.6) is 0 Å². The molecule has 0 radical (unpaired) electrons. The summed E-state index contributed by atoms with van der Waals surface area (Å²) in [4.78, 5) is 13.5. The van der Waals surface area contributed by atoms with Gasteiger partial charge in [0.05, 0.1) is 0 Å². The van der Waals surface area contributed by atoms with Crippen molar-refractivity contribution in [1.82, 2.24) is 4.90 Å². The maximum absolute atomic E-state index is 11.7. The Morgan fingerprint density at radius 1 is 1.31 bits per heavy atom. The predicted molar refractivity (Wildman–Crippen MR) is 67.1 cm³/mol. The van der Waals surface area contributed by atoms with Crippen LogP contribution in [-0.4, -0.2) is 23.9 Å². The molecule has 0 saturated heterocycles. The zero-order chi connectivity index (χ0) is 12.1. The zero-order valence-electron chi connectivity index (χ0n) is 10.2. The SMILES string of the molecule is CC(C)N(C)C(=O)CCc1ccc(N)cc1. The van der Waals surface area contributed by atoms with E-state index in [2.05, 4.69) is 0 Å². The molecule has 0 aliphatic heterocycles. The van der Waals surface area contributed by atoms with Crippen molar-refractivity contribution in [3.05, 3.63) is 29.8 Å². The minimum Gasteiger partial charge on any atom is -0.399 e. The Labute approximate surface area is 97.2 Å². The van der Waals surface area contributed by atoms with Crippen LogP contribution >= 0.6 is 0 Å². The second-order valence-electron chi connectivity index (χ2n) is 4.34. The van der Waals surface area contributed by atoms with Crippen molar-refractivity contribution in [2.24, 2.45) is 0 Å². The monoisotopic (exact) mass is 220 g/mol. The summed E-state index contributed by atoms with van der Waals surface area (Å²) in [5.74, 6) is 0.187. The number of nitrogens with zero attached hydrogens (tertiary/aromatic N) is 1. The number of carbonyl (C=O) groups is 1. The molecule has 0 bridgehead atoms. The quantitative estimate of drug-likeness (QED) is 0.789. The summed E-state index contributed by atoms with van der Waals surface area (Å²) in [6.45, 7) is 4.03. The Hall–Kier alpha value is -1.51. The molecule has 0 aromatic heterocycles. The molecule has 16 heavy (non-hydrogen) atoms. The number of hydrogen-bond acceptors (Lipinski definition) is 2. The van der Waals surface area contributed by atoms with E-state index in [1.165, 1.54) is 0 Å². The lowest BCUT2D eigenvalue weighted by atomic mass is 10.1. The highest BCUT2D eigenvalue weighted by Gasteiger charge is 2.11. The van der Waals surface area contributed by atoms with Gasteiger partial charge in [-0.2, -0.15) is 0 Å². The van der Waals surface area contributed by atoms with E-state index in [-0.39, 0.29) is 11.9 Å². The molecule has 0 atom stereocenters. The maximum Gasteiger partial charge on any atom is 0.222 e. The van der Waals surface area contributed by atoms with Crippen LogP contribution in [0.1, 0.15) is 25.8 Å². The van der Waals surface area contributed by atoms with Crippen LogP contribution in [0.3, 0.4) is 0 Å². The van der Waals surface area contributed by atoms with E-state index in [4.69, 9.17) is 5.73 Å². The van der Waals surface area contributed by atoms with Crippen LogP contribution in [0.25, 0.3) is 0 Å². The van der Waals surface area contributed by atoms with E-state index in [0.717, 1.165) is 17.7 Å². The molecule has 3 heteroatoms. The summed E-state index contributed by atoms with van der Waals surface area (Å²) in [6.07, 6.45) is 1.33. The normalized spacial score (nSPS) is 10.5. The lowest BCUT2D eigenvalue weighted by molar-refractivity contribution is -0.131. The Morgan fingerprint density at radius 2 is 1.88 bits per heavy atom. The molecular formula is C13H20N2O. The van der Waals surface area contributed by atoms with Gasteiger partial charge in [0.15, 0.2) is 0 Å². The largest absolute Gasteiger partial charge is 0.399 e. The average molecular weight is 220 g/mol. The zero-order valence-corrected chi connectivity index (χ0v) is 10.2. The third-order valence-corrected chi connectivity index (χ3v) is 2.78. The molecule has 0 fully saturated rings. The van der Waals surface area contributed by atoms with E-state index in [1.54, 1.807) is 4.90 Å². The van der Waals surface area contributed by atoms with Crippen molar-refractivity contribution < 1.29 is 4.79 Å². The van der Waals surface area contributed by atoms with Gasteiger partial charge in [0.25, 0.3) is 0 Å². The minimum absolute atomic E-state index is 0.187. The number of amides is 1. The van der Waals surface area contributed by atoms with Gasteiger partial charge in [0.2, 0.25) is 5.91 Å². The van der Waals surface area contributed by atoms with Crippen molar-refractivity contribution in [3.63, 3.8) is 0 Å². The molecular weight excluding hydrogens is 200 g/mol. The number of nitrogen functional groups attached to an aromatic ring is 1. The van der Waals surface area contributed by atoms with E-state index in [9.17, 15) is 4.79 Å². The fraction of sp³-hybridized carbons (Fsp3) is 0.462. The Bertz CT molecular complexity index is 343. The molecule has 0 aliphatic carbocycles. The molecule has 0 unspecified atom stereocenters. The number of aryl methyl sites for hydroxylation is 1. The Kier molecular flexibility index (Phi) is 4.35. The van der Waals surface area contributed by atoms with E-state index >= 15 is 0 Å². The number of anilines is 1. The average Bonchev–Trinajstić information content (AvgIpc) is 2.26. The van der Waals surface area contributed by atoms with Crippen molar-refractivity contribution in [2.75, 3.05) is 12.8 Å².